The first-order valence-electron chi connectivity index (χ1n) is 10.1. The number of rotatable bonds is 4. The SMILES string of the molecule is CN1C(N2CCCCC2)=Nc2ccccc2C1CC(=O)/C=C/c1ccccc1. The quantitative estimate of drug-likeness (QED) is 0.721. The van der Waals surface area contributed by atoms with E-state index in [0.29, 0.717) is 6.42 Å². The van der Waals surface area contributed by atoms with Gasteiger partial charge in [-0.25, -0.2) is 4.99 Å². The van der Waals surface area contributed by atoms with Crippen molar-refractivity contribution in [3.05, 3.63) is 71.8 Å². The maximum atomic E-state index is 12.8. The van der Waals surface area contributed by atoms with Crippen LogP contribution in [0.15, 0.2) is 65.7 Å². The highest BCUT2D eigenvalue weighted by Gasteiger charge is 2.31. The van der Waals surface area contributed by atoms with Crippen LogP contribution in [-0.4, -0.2) is 41.7 Å². The summed E-state index contributed by atoms with van der Waals surface area (Å²) < 4.78 is 0. The molecule has 1 atom stereocenters. The summed E-state index contributed by atoms with van der Waals surface area (Å²) in [6, 6.07) is 18.2. The van der Waals surface area contributed by atoms with Crippen molar-refractivity contribution >= 4 is 23.5 Å². The zero-order chi connectivity index (χ0) is 19.3. The Kier molecular flexibility index (Phi) is 5.56. The Balaban J connectivity index is 1.56. The van der Waals surface area contributed by atoms with Crippen molar-refractivity contribution in [2.45, 2.75) is 31.7 Å². The minimum Gasteiger partial charge on any atom is -0.343 e. The van der Waals surface area contributed by atoms with E-state index in [1.54, 1.807) is 6.08 Å². The monoisotopic (exact) mass is 373 g/mol. The minimum absolute atomic E-state index is 0.0125. The summed E-state index contributed by atoms with van der Waals surface area (Å²) in [5.41, 5.74) is 3.17. The summed E-state index contributed by atoms with van der Waals surface area (Å²) >= 11 is 0. The Bertz CT molecular complexity index is 882. The van der Waals surface area contributed by atoms with Crippen LogP contribution in [0.3, 0.4) is 0 Å². The molecule has 2 aromatic carbocycles. The molecule has 1 saturated heterocycles. The Morgan fingerprint density at radius 1 is 1.04 bits per heavy atom. The van der Waals surface area contributed by atoms with Crippen molar-refractivity contribution < 1.29 is 4.79 Å². The van der Waals surface area contributed by atoms with Crippen LogP contribution in [0.4, 0.5) is 5.69 Å². The van der Waals surface area contributed by atoms with Gasteiger partial charge in [-0.3, -0.25) is 4.79 Å². The Morgan fingerprint density at radius 3 is 2.54 bits per heavy atom. The maximum Gasteiger partial charge on any atom is 0.202 e. The lowest BCUT2D eigenvalue weighted by atomic mass is 9.96. The lowest BCUT2D eigenvalue weighted by Gasteiger charge is -2.41. The van der Waals surface area contributed by atoms with E-state index >= 15 is 0 Å². The second-order valence-corrected chi connectivity index (χ2v) is 7.56. The molecule has 0 spiro atoms. The number of para-hydroxylation sites is 1. The van der Waals surface area contributed by atoms with Crippen LogP contribution in [0.2, 0.25) is 0 Å². The number of aliphatic imine (C=N–C) groups is 1. The number of nitrogens with zero attached hydrogens (tertiary/aromatic N) is 3. The van der Waals surface area contributed by atoms with Gasteiger partial charge in [-0.1, -0.05) is 54.6 Å². The van der Waals surface area contributed by atoms with Gasteiger partial charge in [-0.2, -0.15) is 0 Å². The van der Waals surface area contributed by atoms with E-state index in [0.717, 1.165) is 35.9 Å². The standard InChI is InChI=1S/C24H27N3O/c1-26-23(18-20(28)15-14-19-10-4-2-5-11-19)21-12-6-7-13-22(21)25-24(26)27-16-8-3-9-17-27/h2,4-7,10-15,23H,3,8-9,16-18H2,1H3/b15-14+. The van der Waals surface area contributed by atoms with Crippen molar-refractivity contribution in [3.8, 4) is 0 Å². The summed E-state index contributed by atoms with van der Waals surface area (Å²) in [6.45, 7) is 2.08. The molecule has 1 fully saturated rings. The number of hydrogen-bond acceptors (Lipinski definition) is 4. The van der Waals surface area contributed by atoms with Gasteiger partial charge in [0.1, 0.15) is 0 Å². The molecule has 2 aliphatic heterocycles. The molecule has 2 aromatic rings. The second-order valence-electron chi connectivity index (χ2n) is 7.56. The molecule has 4 heteroatoms. The first-order chi connectivity index (χ1) is 13.7. The van der Waals surface area contributed by atoms with Gasteiger partial charge >= 0.3 is 0 Å². The molecule has 0 saturated carbocycles. The van der Waals surface area contributed by atoms with E-state index in [-0.39, 0.29) is 11.8 Å². The predicted octanol–water partition coefficient (Wildman–Crippen LogP) is 4.82. The van der Waals surface area contributed by atoms with Gasteiger partial charge in [-0.05, 0) is 37.0 Å². The highest BCUT2D eigenvalue weighted by molar-refractivity contribution is 5.95. The van der Waals surface area contributed by atoms with Crippen LogP contribution in [0.5, 0.6) is 0 Å². The first kappa shape index (κ1) is 18.5. The van der Waals surface area contributed by atoms with Crippen molar-refractivity contribution in [1.29, 1.82) is 0 Å². The number of allylic oxidation sites excluding steroid dienone is 1. The molecule has 0 radical (unpaired) electrons. The summed E-state index contributed by atoms with van der Waals surface area (Å²) in [4.78, 5) is 22.3. The Hall–Kier alpha value is -2.88. The number of fused-ring (bicyclic) bond motifs is 1. The fraction of sp³-hybridized carbons (Fsp3) is 0.333. The van der Waals surface area contributed by atoms with Crippen molar-refractivity contribution in [2.75, 3.05) is 20.1 Å². The predicted molar refractivity (Wildman–Crippen MR) is 115 cm³/mol. The zero-order valence-electron chi connectivity index (χ0n) is 16.4. The normalized spacial score (nSPS) is 19.5. The molecular formula is C24H27N3O. The molecule has 4 rings (SSSR count). The van der Waals surface area contributed by atoms with Gasteiger partial charge in [0.2, 0.25) is 5.96 Å². The van der Waals surface area contributed by atoms with Crippen molar-refractivity contribution in [3.63, 3.8) is 0 Å². The average molecular weight is 374 g/mol. The first-order valence-corrected chi connectivity index (χ1v) is 10.1. The van der Waals surface area contributed by atoms with Crippen LogP contribution in [-0.2, 0) is 4.79 Å². The molecule has 1 unspecified atom stereocenters. The van der Waals surface area contributed by atoms with Gasteiger partial charge in [0.05, 0.1) is 11.7 Å². The summed E-state index contributed by atoms with van der Waals surface area (Å²) in [5.74, 6) is 1.14. The fourth-order valence-electron chi connectivity index (χ4n) is 4.05. The van der Waals surface area contributed by atoms with Gasteiger partial charge in [0.25, 0.3) is 0 Å². The maximum absolute atomic E-state index is 12.8. The number of likely N-dealkylation sites (tertiary alicyclic amines) is 1. The van der Waals surface area contributed by atoms with E-state index in [2.05, 4.69) is 29.0 Å². The van der Waals surface area contributed by atoms with Crippen molar-refractivity contribution in [2.24, 2.45) is 4.99 Å². The highest BCUT2D eigenvalue weighted by Crippen LogP contribution is 2.37. The van der Waals surface area contributed by atoms with E-state index in [1.165, 1.54) is 19.3 Å². The topological polar surface area (TPSA) is 35.9 Å². The minimum atomic E-state index is 0.0125. The molecule has 28 heavy (non-hydrogen) atoms. The number of hydrogen-bond donors (Lipinski definition) is 0. The fourth-order valence-corrected chi connectivity index (χ4v) is 4.05. The van der Waals surface area contributed by atoms with Crippen molar-refractivity contribution in [1.82, 2.24) is 9.80 Å². The van der Waals surface area contributed by atoms with Crippen LogP contribution < -0.4 is 0 Å². The summed E-state index contributed by atoms with van der Waals surface area (Å²) in [6.07, 6.45) is 7.75. The number of carbonyl (C=O) groups is 1. The molecule has 0 bridgehead atoms. The Morgan fingerprint density at radius 2 is 1.75 bits per heavy atom. The van der Waals surface area contributed by atoms with E-state index in [1.807, 2.05) is 48.5 Å². The molecule has 0 aliphatic carbocycles. The van der Waals surface area contributed by atoms with Crippen LogP contribution in [0.1, 0.15) is 42.9 Å². The van der Waals surface area contributed by atoms with Gasteiger partial charge in [0, 0.05) is 32.1 Å². The lowest BCUT2D eigenvalue weighted by Crippen LogP contribution is -2.47. The number of piperidine rings is 1. The van der Waals surface area contributed by atoms with E-state index in [4.69, 9.17) is 4.99 Å². The molecule has 144 valence electrons. The number of ketones is 1. The zero-order valence-corrected chi connectivity index (χ0v) is 16.4. The molecule has 0 aromatic heterocycles. The average Bonchev–Trinajstić information content (AvgIpc) is 2.75. The molecule has 0 amide bonds. The smallest absolute Gasteiger partial charge is 0.202 e. The molecule has 2 heterocycles. The van der Waals surface area contributed by atoms with E-state index < -0.39 is 0 Å². The van der Waals surface area contributed by atoms with Gasteiger partial charge < -0.3 is 9.80 Å². The third-order valence-electron chi connectivity index (χ3n) is 5.59. The number of carbonyl (C=O) groups excluding carboxylic acids is 1. The highest BCUT2D eigenvalue weighted by atomic mass is 16.1. The molecular weight excluding hydrogens is 346 g/mol. The van der Waals surface area contributed by atoms with Crippen LogP contribution >= 0.6 is 0 Å². The Labute approximate surface area is 167 Å². The third-order valence-corrected chi connectivity index (χ3v) is 5.59. The largest absolute Gasteiger partial charge is 0.343 e. The van der Waals surface area contributed by atoms with Gasteiger partial charge in [0.15, 0.2) is 5.78 Å². The van der Waals surface area contributed by atoms with Crippen LogP contribution in [0.25, 0.3) is 6.08 Å². The number of guanidine groups is 1. The molecule has 4 nitrogen and oxygen atoms in total. The van der Waals surface area contributed by atoms with Crippen LogP contribution in [0, 0.1) is 0 Å². The summed E-state index contributed by atoms with van der Waals surface area (Å²) in [7, 11) is 2.07. The van der Waals surface area contributed by atoms with E-state index in [9.17, 15) is 4.79 Å². The van der Waals surface area contributed by atoms with Gasteiger partial charge in [-0.15, -0.1) is 0 Å². The molecule has 0 N–H and O–H groups in total. The summed E-state index contributed by atoms with van der Waals surface area (Å²) in [5, 5.41) is 0. The second kappa shape index (κ2) is 8.42. The third kappa shape index (κ3) is 4.01. The molecule has 2 aliphatic rings. The lowest BCUT2D eigenvalue weighted by molar-refractivity contribution is -0.115. The number of benzene rings is 2.